The van der Waals surface area contributed by atoms with E-state index in [0.29, 0.717) is 0 Å². The number of hydrogen-bond donors (Lipinski definition) is 2. The molecule has 0 amide bonds. The molecule has 0 aliphatic heterocycles. The molecule has 5 nitrogen and oxygen atoms in total. The Bertz CT molecular complexity index is 637. The molecule has 86 valence electrons. The van der Waals surface area contributed by atoms with Gasteiger partial charge in [-0.3, -0.25) is 9.78 Å². The second-order valence-electron chi connectivity index (χ2n) is 3.94. The number of hydrogen-bond acceptors (Lipinski definition) is 3. The number of aryl methyl sites for hydroxylation is 1. The lowest BCUT2D eigenvalue weighted by molar-refractivity contribution is 0.720. The van der Waals surface area contributed by atoms with E-state index in [1.807, 2.05) is 42.2 Å². The monoisotopic (exact) mass is 227 g/mol. The van der Waals surface area contributed by atoms with Crippen molar-refractivity contribution in [3.8, 4) is 0 Å². The van der Waals surface area contributed by atoms with Gasteiger partial charge in [0.2, 0.25) is 0 Å². The van der Waals surface area contributed by atoms with E-state index in [9.17, 15) is 0 Å². The van der Waals surface area contributed by atoms with Crippen LogP contribution in [0.4, 0.5) is 5.69 Å². The molecule has 0 fully saturated rings. The van der Waals surface area contributed by atoms with E-state index in [-0.39, 0.29) is 0 Å². The number of aromatic amines is 1. The van der Waals surface area contributed by atoms with Gasteiger partial charge >= 0.3 is 0 Å². The van der Waals surface area contributed by atoms with Crippen LogP contribution in [0.5, 0.6) is 0 Å². The summed E-state index contributed by atoms with van der Waals surface area (Å²) in [4.78, 5) is 0. The first-order chi connectivity index (χ1) is 8.34. The molecule has 0 saturated heterocycles. The summed E-state index contributed by atoms with van der Waals surface area (Å²) in [6.45, 7) is 0.745. The Kier molecular flexibility index (Phi) is 2.29. The molecule has 3 rings (SSSR count). The van der Waals surface area contributed by atoms with Gasteiger partial charge in [-0.25, -0.2) is 0 Å². The Morgan fingerprint density at radius 2 is 2.29 bits per heavy atom. The lowest BCUT2D eigenvalue weighted by Crippen LogP contribution is -2.05. The normalized spacial score (nSPS) is 10.9. The maximum absolute atomic E-state index is 4.14. The van der Waals surface area contributed by atoms with Gasteiger partial charge in [-0.2, -0.15) is 10.2 Å². The molecule has 2 heterocycles. The molecule has 0 bridgehead atoms. The van der Waals surface area contributed by atoms with Crippen LogP contribution in [0, 0.1) is 0 Å². The minimum atomic E-state index is 0.745. The Morgan fingerprint density at radius 3 is 3.12 bits per heavy atom. The minimum absolute atomic E-state index is 0.745. The number of anilines is 1. The molecule has 3 aromatic rings. The van der Waals surface area contributed by atoms with E-state index in [1.165, 1.54) is 0 Å². The number of aromatic nitrogens is 4. The van der Waals surface area contributed by atoms with E-state index >= 15 is 0 Å². The largest absolute Gasteiger partial charge is 0.378 e. The number of rotatable bonds is 3. The summed E-state index contributed by atoms with van der Waals surface area (Å²) in [5, 5.41) is 15.7. The van der Waals surface area contributed by atoms with Gasteiger partial charge in [0.25, 0.3) is 0 Å². The van der Waals surface area contributed by atoms with E-state index in [1.54, 1.807) is 6.20 Å². The van der Waals surface area contributed by atoms with Crippen molar-refractivity contribution in [3.05, 3.63) is 42.4 Å². The Morgan fingerprint density at radius 1 is 1.35 bits per heavy atom. The van der Waals surface area contributed by atoms with Crippen molar-refractivity contribution in [1.82, 2.24) is 20.0 Å². The standard InChI is InChI=1S/C12H13N5/c1-17-10(5-6-15-17)8-13-11-4-2-3-9-7-14-16-12(9)11/h2-7,13H,8H2,1H3,(H,14,16). The second kappa shape index (κ2) is 3.93. The van der Waals surface area contributed by atoms with Gasteiger partial charge in [-0.1, -0.05) is 12.1 Å². The highest BCUT2D eigenvalue weighted by Gasteiger charge is 2.03. The van der Waals surface area contributed by atoms with Crippen molar-refractivity contribution in [2.45, 2.75) is 6.54 Å². The van der Waals surface area contributed by atoms with Gasteiger partial charge in [0.05, 0.1) is 29.6 Å². The molecule has 0 unspecified atom stereocenters. The van der Waals surface area contributed by atoms with Gasteiger partial charge < -0.3 is 5.32 Å². The zero-order valence-corrected chi connectivity index (χ0v) is 9.51. The summed E-state index contributed by atoms with van der Waals surface area (Å²) in [6.07, 6.45) is 3.62. The van der Waals surface area contributed by atoms with Gasteiger partial charge in [0.1, 0.15) is 0 Å². The Hall–Kier alpha value is -2.30. The number of nitrogens with one attached hydrogen (secondary N) is 2. The highest BCUT2D eigenvalue weighted by atomic mass is 15.3. The van der Waals surface area contributed by atoms with E-state index in [0.717, 1.165) is 28.8 Å². The van der Waals surface area contributed by atoms with Crippen LogP contribution in [0.2, 0.25) is 0 Å². The van der Waals surface area contributed by atoms with Crippen molar-refractivity contribution < 1.29 is 0 Å². The van der Waals surface area contributed by atoms with Crippen LogP contribution in [-0.4, -0.2) is 20.0 Å². The molecule has 1 aromatic carbocycles. The van der Waals surface area contributed by atoms with Crippen LogP contribution in [-0.2, 0) is 13.6 Å². The predicted octanol–water partition coefficient (Wildman–Crippen LogP) is 1.91. The average Bonchev–Trinajstić information content (AvgIpc) is 2.95. The first-order valence-corrected chi connectivity index (χ1v) is 5.47. The molecule has 5 heteroatoms. The molecule has 2 aromatic heterocycles. The fourth-order valence-electron chi connectivity index (χ4n) is 1.88. The molecule has 17 heavy (non-hydrogen) atoms. The van der Waals surface area contributed by atoms with Crippen molar-refractivity contribution in [3.63, 3.8) is 0 Å². The number of para-hydroxylation sites is 1. The third-order valence-electron chi connectivity index (χ3n) is 2.86. The highest BCUT2D eigenvalue weighted by molar-refractivity contribution is 5.89. The zero-order valence-electron chi connectivity index (χ0n) is 9.51. The molecule has 0 radical (unpaired) electrons. The van der Waals surface area contributed by atoms with Crippen LogP contribution in [0.1, 0.15) is 5.69 Å². The van der Waals surface area contributed by atoms with Gasteiger partial charge in [-0.05, 0) is 12.1 Å². The minimum Gasteiger partial charge on any atom is -0.378 e. The van der Waals surface area contributed by atoms with Crippen LogP contribution < -0.4 is 5.32 Å². The van der Waals surface area contributed by atoms with Gasteiger partial charge in [-0.15, -0.1) is 0 Å². The SMILES string of the molecule is Cn1nccc1CNc1cccc2cn[nH]c12. The van der Waals surface area contributed by atoms with Crippen LogP contribution in [0.25, 0.3) is 10.9 Å². The fraction of sp³-hybridized carbons (Fsp3) is 0.167. The van der Waals surface area contributed by atoms with Crippen LogP contribution >= 0.6 is 0 Å². The predicted molar refractivity (Wildman–Crippen MR) is 66.6 cm³/mol. The second-order valence-corrected chi connectivity index (χ2v) is 3.94. The summed E-state index contributed by atoms with van der Waals surface area (Å²) in [5.74, 6) is 0. The van der Waals surface area contributed by atoms with E-state index < -0.39 is 0 Å². The zero-order chi connectivity index (χ0) is 11.7. The first-order valence-electron chi connectivity index (χ1n) is 5.47. The molecule has 2 N–H and O–H groups in total. The molecule has 0 atom stereocenters. The van der Waals surface area contributed by atoms with E-state index in [4.69, 9.17) is 0 Å². The van der Waals surface area contributed by atoms with Crippen LogP contribution in [0.3, 0.4) is 0 Å². The maximum Gasteiger partial charge on any atom is 0.0881 e. The van der Waals surface area contributed by atoms with Gasteiger partial charge in [0.15, 0.2) is 0 Å². The van der Waals surface area contributed by atoms with Crippen molar-refractivity contribution in [2.75, 3.05) is 5.32 Å². The summed E-state index contributed by atoms with van der Waals surface area (Å²) >= 11 is 0. The maximum atomic E-state index is 4.14. The lowest BCUT2D eigenvalue weighted by atomic mass is 10.2. The fourth-order valence-corrected chi connectivity index (χ4v) is 1.88. The van der Waals surface area contributed by atoms with Crippen molar-refractivity contribution in [2.24, 2.45) is 7.05 Å². The molecule has 0 saturated carbocycles. The quantitative estimate of drug-likeness (QED) is 0.718. The highest BCUT2D eigenvalue weighted by Crippen LogP contribution is 2.20. The molecule has 0 aliphatic carbocycles. The summed E-state index contributed by atoms with van der Waals surface area (Å²) < 4.78 is 1.86. The van der Waals surface area contributed by atoms with E-state index in [2.05, 4.69) is 20.6 Å². The summed E-state index contributed by atoms with van der Waals surface area (Å²) in [5.41, 5.74) is 3.23. The molecular weight excluding hydrogens is 214 g/mol. The third-order valence-corrected chi connectivity index (χ3v) is 2.86. The van der Waals surface area contributed by atoms with Gasteiger partial charge in [0, 0.05) is 18.6 Å². The van der Waals surface area contributed by atoms with Crippen molar-refractivity contribution in [1.29, 1.82) is 0 Å². The lowest BCUT2D eigenvalue weighted by Gasteiger charge is -2.07. The molecular formula is C12H13N5. The number of H-pyrrole nitrogens is 1. The Balaban J connectivity index is 1.86. The average molecular weight is 227 g/mol. The summed E-state index contributed by atoms with van der Waals surface area (Å²) in [6, 6.07) is 8.09. The number of benzene rings is 1. The van der Waals surface area contributed by atoms with Crippen molar-refractivity contribution >= 4 is 16.6 Å². The Labute approximate surface area is 98.5 Å². The topological polar surface area (TPSA) is 58.5 Å². The van der Waals surface area contributed by atoms with Crippen LogP contribution in [0.15, 0.2) is 36.7 Å². The third kappa shape index (κ3) is 1.75. The first kappa shape index (κ1) is 9.89. The number of fused-ring (bicyclic) bond motifs is 1. The molecule has 0 spiro atoms. The smallest absolute Gasteiger partial charge is 0.0881 e. The summed E-state index contributed by atoms with van der Waals surface area (Å²) in [7, 11) is 1.94. The number of nitrogens with zero attached hydrogens (tertiary/aromatic N) is 3. The molecule has 0 aliphatic rings.